The van der Waals surface area contributed by atoms with Gasteiger partial charge >= 0.3 is 0 Å². The van der Waals surface area contributed by atoms with Crippen LogP contribution >= 0.6 is 0 Å². The summed E-state index contributed by atoms with van der Waals surface area (Å²) in [7, 11) is 1.95. The Morgan fingerprint density at radius 2 is 1.78 bits per heavy atom. The molecule has 5 rings (SSSR count). The van der Waals surface area contributed by atoms with Crippen LogP contribution in [-0.4, -0.2) is 43.7 Å². The molecule has 5 aromatic rings. The minimum atomic E-state index is -0.104. The first kappa shape index (κ1) is 23.6. The summed E-state index contributed by atoms with van der Waals surface area (Å²) in [5.41, 5.74) is 5.24. The summed E-state index contributed by atoms with van der Waals surface area (Å²) in [4.78, 5) is 4.32. The number of benzene rings is 2. The number of nitrogens with zero attached hydrogens (tertiary/aromatic N) is 6. The summed E-state index contributed by atoms with van der Waals surface area (Å²) in [5, 5.41) is 22.0. The lowest BCUT2D eigenvalue weighted by Gasteiger charge is -2.22. The molecule has 0 aliphatic carbocycles. The maximum absolute atomic E-state index is 6.63. The van der Waals surface area contributed by atoms with Gasteiger partial charge in [0.2, 0.25) is 5.89 Å². The van der Waals surface area contributed by atoms with Gasteiger partial charge in [0.1, 0.15) is 23.1 Å². The molecule has 1 N–H and O–H groups in total. The van der Waals surface area contributed by atoms with E-state index in [0.717, 1.165) is 52.3 Å². The highest BCUT2D eigenvalue weighted by Crippen LogP contribution is 2.33. The zero-order valence-corrected chi connectivity index (χ0v) is 20.9. The van der Waals surface area contributed by atoms with Crippen molar-refractivity contribution in [2.75, 3.05) is 13.6 Å². The highest BCUT2D eigenvalue weighted by Gasteiger charge is 2.21. The average molecular weight is 484 g/mol. The first-order valence-electron chi connectivity index (χ1n) is 12.0. The quantitative estimate of drug-likeness (QED) is 0.328. The summed E-state index contributed by atoms with van der Waals surface area (Å²) in [5.74, 6) is 1.82. The van der Waals surface area contributed by atoms with Crippen molar-refractivity contribution < 1.29 is 9.26 Å². The van der Waals surface area contributed by atoms with Crippen LogP contribution in [0.2, 0.25) is 0 Å². The fraction of sp³-hybridized carbons (Fsp3) is 0.296. The van der Waals surface area contributed by atoms with Gasteiger partial charge in [-0.3, -0.25) is 0 Å². The molecule has 184 valence electrons. The fourth-order valence-corrected chi connectivity index (χ4v) is 4.41. The molecule has 0 bridgehead atoms. The first-order chi connectivity index (χ1) is 17.5. The second-order valence-corrected chi connectivity index (χ2v) is 8.74. The lowest BCUT2D eigenvalue weighted by molar-refractivity contribution is 0.194. The molecule has 0 aliphatic rings. The SMILES string of the molecule is CNCCC(Oc1ccccc1-n1nc2c(Cc3noc(C)n3)nnc(C)c2c1C)c1ccccc1. The van der Waals surface area contributed by atoms with Crippen molar-refractivity contribution in [3.05, 3.63) is 89.0 Å². The van der Waals surface area contributed by atoms with Crippen LogP contribution in [-0.2, 0) is 6.42 Å². The van der Waals surface area contributed by atoms with Gasteiger partial charge in [-0.1, -0.05) is 47.6 Å². The lowest BCUT2D eigenvalue weighted by Crippen LogP contribution is -2.17. The van der Waals surface area contributed by atoms with Crippen LogP contribution in [0.5, 0.6) is 5.75 Å². The molecule has 36 heavy (non-hydrogen) atoms. The Kier molecular flexibility index (Phi) is 6.73. The predicted octanol–water partition coefficient (Wildman–Crippen LogP) is 4.44. The Morgan fingerprint density at radius 1 is 1.00 bits per heavy atom. The monoisotopic (exact) mass is 483 g/mol. The highest BCUT2D eigenvalue weighted by molar-refractivity contribution is 5.86. The van der Waals surface area contributed by atoms with Gasteiger partial charge in [0.15, 0.2) is 5.82 Å². The third-order valence-corrected chi connectivity index (χ3v) is 6.16. The Labute approximate surface area is 209 Å². The first-order valence-corrected chi connectivity index (χ1v) is 12.0. The van der Waals surface area contributed by atoms with Gasteiger partial charge in [-0.25, -0.2) is 4.68 Å². The third kappa shape index (κ3) is 4.70. The van der Waals surface area contributed by atoms with Gasteiger partial charge in [-0.2, -0.15) is 20.3 Å². The molecular formula is C27H29N7O2. The van der Waals surface area contributed by atoms with E-state index >= 15 is 0 Å². The van der Waals surface area contributed by atoms with Crippen LogP contribution in [0.15, 0.2) is 59.1 Å². The summed E-state index contributed by atoms with van der Waals surface area (Å²) >= 11 is 0. The minimum absolute atomic E-state index is 0.104. The molecule has 1 atom stereocenters. The summed E-state index contributed by atoms with van der Waals surface area (Å²) < 4.78 is 13.7. The van der Waals surface area contributed by atoms with Crippen molar-refractivity contribution in [3.8, 4) is 11.4 Å². The van der Waals surface area contributed by atoms with E-state index < -0.39 is 0 Å². The molecule has 0 amide bonds. The Balaban J connectivity index is 1.56. The van der Waals surface area contributed by atoms with E-state index in [1.54, 1.807) is 6.92 Å². The van der Waals surface area contributed by atoms with Gasteiger partial charge < -0.3 is 14.6 Å². The molecule has 0 fully saturated rings. The second kappa shape index (κ2) is 10.2. The molecule has 2 aromatic carbocycles. The third-order valence-electron chi connectivity index (χ3n) is 6.16. The van der Waals surface area contributed by atoms with Gasteiger partial charge in [-0.05, 0) is 45.1 Å². The van der Waals surface area contributed by atoms with E-state index in [-0.39, 0.29) is 6.10 Å². The highest BCUT2D eigenvalue weighted by atomic mass is 16.5. The van der Waals surface area contributed by atoms with Crippen molar-refractivity contribution in [2.45, 2.75) is 39.7 Å². The maximum atomic E-state index is 6.63. The van der Waals surface area contributed by atoms with E-state index in [9.17, 15) is 0 Å². The van der Waals surface area contributed by atoms with Crippen molar-refractivity contribution in [3.63, 3.8) is 0 Å². The predicted molar refractivity (Wildman–Crippen MR) is 136 cm³/mol. The standard InChI is InChI=1S/C27H29N7O2/c1-17-26-18(2)34(32-27(26)21(31-30-17)16-25-29-19(3)36-33-25)22-12-8-9-13-24(22)35-23(14-15-28-4)20-10-6-5-7-11-20/h5-13,23,28H,14-16H2,1-4H3. The van der Waals surface area contributed by atoms with Crippen LogP contribution < -0.4 is 10.1 Å². The Morgan fingerprint density at radius 3 is 2.53 bits per heavy atom. The number of fused-ring (bicyclic) bond motifs is 1. The van der Waals surface area contributed by atoms with Gasteiger partial charge in [-0.15, -0.1) is 0 Å². The molecule has 9 nitrogen and oxygen atoms in total. The smallest absolute Gasteiger partial charge is 0.223 e. The molecule has 9 heteroatoms. The van der Waals surface area contributed by atoms with Crippen molar-refractivity contribution >= 4 is 10.9 Å². The molecule has 0 aliphatic heterocycles. The van der Waals surface area contributed by atoms with E-state index in [4.69, 9.17) is 14.4 Å². The number of nitrogens with one attached hydrogen (secondary N) is 1. The molecule has 0 saturated heterocycles. The number of aromatic nitrogens is 6. The van der Waals surface area contributed by atoms with Crippen LogP contribution in [0.4, 0.5) is 0 Å². The summed E-state index contributed by atoms with van der Waals surface area (Å²) in [6.07, 6.45) is 1.11. The number of aryl methyl sites for hydroxylation is 3. The van der Waals surface area contributed by atoms with Gasteiger partial charge in [0.25, 0.3) is 0 Å². The topological polar surface area (TPSA) is 104 Å². The maximum Gasteiger partial charge on any atom is 0.223 e. The van der Waals surface area contributed by atoms with Crippen LogP contribution in [0.1, 0.15) is 46.9 Å². The zero-order valence-electron chi connectivity index (χ0n) is 20.9. The zero-order chi connectivity index (χ0) is 25.1. The molecule has 3 heterocycles. The Hall–Kier alpha value is -4.11. The van der Waals surface area contributed by atoms with Crippen LogP contribution in [0.3, 0.4) is 0 Å². The normalized spacial score (nSPS) is 12.2. The van der Waals surface area contributed by atoms with Crippen molar-refractivity contribution in [2.24, 2.45) is 0 Å². The number of hydrogen-bond donors (Lipinski definition) is 1. The van der Waals surface area contributed by atoms with Gasteiger partial charge in [0.05, 0.1) is 23.5 Å². The second-order valence-electron chi connectivity index (χ2n) is 8.74. The molecular weight excluding hydrogens is 454 g/mol. The molecule has 0 saturated carbocycles. The molecule has 3 aromatic heterocycles. The Bertz CT molecular complexity index is 1480. The van der Waals surface area contributed by atoms with Crippen LogP contribution in [0.25, 0.3) is 16.6 Å². The largest absolute Gasteiger partial charge is 0.483 e. The van der Waals surface area contributed by atoms with Crippen LogP contribution in [0, 0.1) is 20.8 Å². The lowest BCUT2D eigenvalue weighted by atomic mass is 10.1. The fourth-order valence-electron chi connectivity index (χ4n) is 4.41. The number of rotatable bonds is 9. The summed E-state index contributed by atoms with van der Waals surface area (Å²) in [6, 6.07) is 18.3. The average Bonchev–Trinajstić information content (AvgIpc) is 3.47. The van der Waals surface area contributed by atoms with Crippen molar-refractivity contribution in [1.29, 1.82) is 0 Å². The summed E-state index contributed by atoms with van der Waals surface area (Å²) in [6.45, 7) is 6.59. The van der Waals surface area contributed by atoms with E-state index in [2.05, 4.69) is 37.8 Å². The number of para-hydroxylation sites is 2. The molecule has 1 unspecified atom stereocenters. The van der Waals surface area contributed by atoms with E-state index in [1.807, 2.05) is 68.0 Å². The molecule has 0 radical (unpaired) electrons. The van der Waals surface area contributed by atoms with Crippen molar-refractivity contribution in [1.82, 2.24) is 35.4 Å². The van der Waals surface area contributed by atoms with Gasteiger partial charge in [0, 0.05) is 18.7 Å². The van der Waals surface area contributed by atoms with E-state index in [0.29, 0.717) is 23.8 Å². The number of hydrogen-bond acceptors (Lipinski definition) is 8. The van der Waals surface area contributed by atoms with E-state index in [1.165, 1.54) is 0 Å². The number of ether oxygens (including phenoxy) is 1. The minimum Gasteiger partial charge on any atom is -0.483 e. The molecule has 0 spiro atoms.